The molecule has 2 aromatic rings. The summed E-state index contributed by atoms with van der Waals surface area (Å²) < 4.78 is 1.92. The van der Waals surface area contributed by atoms with Crippen LogP contribution in [0.4, 0.5) is 0 Å². The van der Waals surface area contributed by atoms with Gasteiger partial charge in [0.2, 0.25) is 0 Å². The molecule has 3 rings (SSSR count). The van der Waals surface area contributed by atoms with Crippen molar-refractivity contribution in [3.63, 3.8) is 0 Å². The molecule has 19 heavy (non-hydrogen) atoms. The van der Waals surface area contributed by atoms with Gasteiger partial charge in [-0.3, -0.25) is 9.36 Å². The first kappa shape index (κ1) is 12.7. The molecule has 1 aromatic heterocycles. The maximum absolute atomic E-state index is 12.6. The molecule has 1 aromatic carbocycles. The molecule has 0 aliphatic heterocycles. The Balaban J connectivity index is 2.07. The number of rotatable bonds is 5. The lowest BCUT2D eigenvalue weighted by atomic mass is 10.2. The molecule has 3 nitrogen and oxygen atoms in total. The minimum absolute atomic E-state index is 0.132. The Bertz CT molecular complexity index is 646. The van der Waals surface area contributed by atoms with Gasteiger partial charge in [-0.15, -0.1) is 0 Å². The minimum Gasteiger partial charge on any atom is -0.284 e. The van der Waals surface area contributed by atoms with Gasteiger partial charge in [-0.1, -0.05) is 37.2 Å². The molecule has 0 radical (unpaired) electrons. The number of nitrogens with zero attached hydrogens (tertiary/aromatic N) is 2. The number of unbranched alkanes of at least 4 members (excludes halogenated alkanes) is 1. The Kier molecular flexibility index (Phi) is 3.60. The average molecular weight is 274 g/mol. The first-order valence-corrected chi connectivity index (χ1v) is 7.94. The summed E-state index contributed by atoms with van der Waals surface area (Å²) in [5.74, 6) is 1.04. The van der Waals surface area contributed by atoms with Crippen molar-refractivity contribution in [3.05, 3.63) is 34.6 Å². The smallest absolute Gasteiger partial charge is 0.262 e. The number of para-hydroxylation sites is 1. The van der Waals surface area contributed by atoms with Crippen molar-refractivity contribution in [2.75, 3.05) is 5.75 Å². The van der Waals surface area contributed by atoms with Gasteiger partial charge in [0.1, 0.15) is 0 Å². The minimum atomic E-state index is 0.132. The van der Waals surface area contributed by atoms with Gasteiger partial charge < -0.3 is 0 Å². The number of benzene rings is 1. The van der Waals surface area contributed by atoms with Crippen LogP contribution in [0.25, 0.3) is 10.9 Å². The third-order valence-corrected chi connectivity index (χ3v) is 4.46. The van der Waals surface area contributed by atoms with Gasteiger partial charge in [0, 0.05) is 11.8 Å². The lowest BCUT2D eigenvalue weighted by molar-refractivity contribution is 0.617. The summed E-state index contributed by atoms with van der Waals surface area (Å²) in [6, 6.07) is 8.04. The van der Waals surface area contributed by atoms with Crippen LogP contribution in [-0.4, -0.2) is 15.3 Å². The zero-order valence-corrected chi connectivity index (χ0v) is 11.9. The SMILES string of the molecule is CCCCSc1nc2ccccc2c(=O)n1C1CC1. The van der Waals surface area contributed by atoms with E-state index in [2.05, 4.69) is 6.92 Å². The molecule has 0 atom stereocenters. The highest BCUT2D eigenvalue weighted by Gasteiger charge is 2.28. The zero-order valence-electron chi connectivity index (χ0n) is 11.1. The molecule has 0 amide bonds. The molecule has 1 aliphatic carbocycles. The van der Waals surface area contributed by atoms with Crippen LogP contribution in [0.1, 0.15) is 38.6 Å². The monoisotopic (exact) mass is 274 g/mol. The summed E-state index contributed by atoms with van der Waals surface area (Å²) >= 11 is 1.72. The number of thioether (sulfide) groups is 1. The Labute approximate surface area is 117 Å². The topological polar surface area (TPSA) is 34.9 Å². The van der Waals surface area contributed by atoms with Crippen molar-refractivity contribution in [2.45, 2.75) is 43.8 Å². The number of hydrogen-bond acceptors (Lipinski definition) is 3. The standard InChI is InChI=1S/C15H18N2OS/c1-2-3-10-19-15-16-13-7-5-4-6-12(13)14(18)17(15)11-8-9-11/h4-7,11H,2-3,8-10H2,1H3. The second kappa shape index (κ2) is 5.37. The van der Waals surface area contributed by atoms with E-state index < -0.39 is 0 Å². The number of aromatic nitrogens is 2. The molecule has 1 heterocycles. The maximum Gasteiger partial charge on any atom is 0.262 e. The molecular formula is C15H18N2OS. The van der Waals surface area contributed by atoms with Crippen LogP contribution >= 0.6 is 11.8 Å². The van der Waals surface area contributed by atoms with E-state index in [0.717, 1.165) is 41.1 Å². The summed E-state index contributed by atoms with van der Waals surface area (Å²) in [5.41, 5.74) is 0.954. The predicted molar refractivity (Wildman–Crippen MR) is 79.9 cm³/mol. The van der Waals surface area contributed by atoms with Gasteiger partial charge in [-0.2, -0.15) is 0 Å². The molecule has 1 aliphatic rings. The molecular weight excluding hydrogens is 256 g/mol. The van der Waals surface area contributed by atoms with E-state index >= 15 is 0 Å². The lowest BCUT2D eigenvalue weighted by Crippen LogP contribution is -2.22. The fourth-order valence-electron chi connectivity index (χ4n) is 2.19. The fraction of sp³-hybridized carbons (Fsp3) is 0.467. The maximum atomic E-state index is 12.6. The van der Waals surface area contributed by atoms with Gasteiger partial charge in [0.15, 0.2) is 5.16 Å². The molecule has 0 spiro atoms. The van der Waals surface area contributed by atoms with Crippen LogP contribution in [0.2, 0.25) is 0 Å². The van der Waals surface area contributed by atoms with Crippen LogP contribution in [0.3, 0.4) is 0 Å². The van der Waals surface area contributed by atoms with E-state index in [1.807, 2.05) is 28.8 Å². The van der Waals surface area contributed by atoms with Crippen LogP contribution in [-0.2, 0) is 0 Å². The summed E-state index contributed by atoms with van der Waals surface area (Å²) in [6.45, 7) is 2.18. The summed E-state index contributed by atoms with van der Waals surface area (Å²) in [4.78, 5) is 17.3. The van der Waals surface area contributed by atoms with E-state index in [-0.39, 0.29) is 5.56 Å². The highest BCUT2D eigenvalue weighted by atomic mass is 32.2. The molecule has 4 heteroatoms. The Morgan fingerprint density at radius 1 is 1.37 bits per heavy atom. The molecule has 100 valence electrons. The fourth-order valence-corrected chi connectivity index (χ4v) is 3.34. The van der Waals surface area contributed by atoms with Crippen LogP contribution < -0.4 is 5.56 Å². The highest BCUT2D eigenvalue weighted by molar-refractivity contribution is 7.99. The second-order valence-corrected chi connectivity index (χ2v) is 6.08. The molecule has 0 bridgehead atoms. The number of hydrogen-bond donors (Lipinski definition) is 0. The van der Waals surface area contributed by atoms with E-state index in [1.165, 1.54) is 6.42 Å². The number of fused-ring (bicyclic) bond motifs is 1. The average Bonchev–Trinajstić information content (AvgIpc) is 3.24. The van der Waals surface area contributed by atoms with E-state index in [9.17, 15) is 4.79 Å². The quantitative estimate of drug-likeness (QED) is 0.474. The second-order valence-electron chi connectivity index (χ2n) is 5.02. The predicted octanol–water partition coefficient (Wildman–Crippen LogP) is 3.62. The largest absolute Gasteiger partial charge is 0.284 e. The van der Waals surface area contributed by atoms with Crippen molar-refractivity contribution in [2.24, 2.45) is 0 Å². The van der Waals surface area contributed by atoms with Gasteiger partial charge in [-0.05, 0) is 31.4 Å². The Morgan fingerprint density at radius 3 is 2.89 bits per heavy atom. The van der Waals surface area contributed by atoms with Crippen molar-refractivity contribution in [1.29, 1.82) is 0 Å². The zero-order chi connectivity index (χ0) is 13.2. The van der Waals surface area contributed by atoms with E-state index in [1.54, 1.807) is 11.8 Å². The molecule has 0 N–H and O–H groups in total. The van der Waals surface area contributed by atoms with Crippen LogP contribution in [0.5, 0.6) is 0 Å². The van der Waals surface area contributed by atoms with Gasteiger partial charge in [-0.25, -0.2) is 4.98 Å². The molecule has 0 unspecified atom stereocenters. The first-order chi connectivity index (χ1) is 9.31. The van der Waals surface area contributed by atoms with Gasteiger partial charge >= 0.3 is 0 Å². The lowest BCUT2D eigenvalue weighted by Gasteiger charge is -2.11. The normalized spacial score (nSPS) is 15.0. The van der Waals surface area contributed by atoms with E-state index in [4.69, 9.17) is 4.98 Å². The molecule has 1 saturated carbocycles. The van der Waals surface area contributed by atoms with E-state index in [0.29, 0.717) is 6.04 Å². The first-order valence-electron chi connectivity index (χ1n) is 6.95. The summed E-state index contributed by atoms with van der Waals surface area (Å²) in [7, 11) is 0. The van der Waals surface area contributed by atoms with Crippen molar-refractivity contribution < 1.29 is 0 Å². The van der Waals surface area contributed by atoms with Gasteiger partial charge in [0.05, 0.1) is 10.9 Å². The van der Waals surface area contributed by atoms with Crippen LogP contribution in [0, 0.1) is 0 Å². The van der Waals surface area contributed by atoms with Crippen molar-refractivity contribution in [1.82, 2.24) is 9.55 Å². The van der Waals surface area contributed by atoms with Gasteiger partial charge in [0.25, 0.3) is 5.56 Å². The third-order valence-electron chi connectivity index (χ3n) is 3.42. The summed E-state index contributed by atoms with van der Waals surface area (Å²) in [5, 5.41) is 1.65. The molecule has 0 saturated heterocycles. The van der Waals surface area contributed by atoms with Crippen molar-refractivity contribution >= 4 is 22.7 Å². The Hall–Kier alpha value is -1.29. The summed E-state index contributed by atoms with van der Waals surface area (Å²) in [6.07, 6.45) is 4.56. The van der Waals surface area contributed by atoms with Crippen molar-refractivity contribution in [3.8, 4) is 0 Å². The Morgan fingerprint density at radius 2 is 2.16 bits per heavy atom. The van der Waals surface area contributed by atoms with Crippen LogP contribution in [0.15, 0.2) is 34.2 Å². The highest BCUT2D eigenvalue weighted by Crippen LogP contribution is 2.36. The molecule has 1 fully saturated rings. The third kappa shape index (κ3) is 2.54.